The van der Waals surface area contributed by atoms with E-state index in [0.717, 1.165) is 25.4 Å². The number of piperidine rings is 1. The molecule has 80 valence electrons. The van der Waals surface area contributed by atoms with Gasteiger partial charge in [-0.2, -0.15) is 0 Å². The van der Waals surface area contributed by atoms with Gasteiger partial charge in [-0.05, 0) is 31.1 Å². The third-order valence-corrected chi connectivity index (χ3v) is 3.57. The standard InChI is InChI=1S/C12H21NO/c1-10-8-13(7-6-12(10)14)9-11-4-2-3-5-11/h2-3,10-12,14H,4-9H2,1H3. The molecule has 2 aliphatic rings. The van der Waals surface area contributed by atoms with Crippen LogP contribution in [0.3, 0.4) is 0 Å². The molecular formula is C12H21NO. The van der Waals surface area contributed by atoms with Crippen molar-refractivity contribution < 1.29 is 5.11 Å². The molecule has 0 aromatic rings. The maximum Gasteiger partial charge on any atom is 0.0590 e. The summed E-state index contributed by atoms with van der Waals surface area (Å²) in [7, 11) is 0. The summed E-state index contributed by atoms with van der Waals surface area (Å²) in [5, 5.41) is 9.62. The lowest BCUT2D eigenvalue weighted by molar-refractivity contribution is 0.0297. The van der Waals surface area contributed by atoms with Gasteiger partial charge in [-0.15, -0.1) is 0 Å². The third kappa shape index (κ3) is 2.37. The highest BCUT2D eigenvalue weighted by molar-refractivity contribution is 4.95. The first-order valence-electron chi connectivity index (χ1n) is 5.81. The van der Waals surface area contributed by atoms with Gasteiger partial charge in [0.05, 0.1) is 6.10 Å². The Hall–Kier alpha value is -0.340. The van der Waals surface area contributed by atoms with Crippen molar-refractivity contribution in [3.63, 3.8) is 0 Å². The monoisotopic (exact) mass is 195 g/mol. The Balaban J connectivity index is 1.76. The minimum absolute atomic E-state index is 0.0621. The summed E-state index contributed by atoms with van der Waals surface area (Å²) >= 11 is 0. The molecule has 0 spiro atoms. The Morgan fingerprint density at radius 3 is 2.71 bits per heavy atom. The molecule has 0 aromatic heterocycles. The Kier molecular flexibility index (Phi) is 3.24. The molecule has 1 N–H and O–H groups in total. The molecule has 2 heteroatoms. The molecule has 1 heterocycles. The highest BCUT2D eigenvalue weighted by Gasteiger charge is 2.25. The van der Waals surface area contributed by atoms with Crippen molar-refractivity contribution >= 4 is 0 Å². The molecule has 0 aromatic carbocycles. The van der Waals surface area contributed by atoms with Crippen molar-refractivity contribution in [2.75, 3.05) is 19.6 Å². The number of aliphatic hydroxyl groups is 1. The van der Waals surface area contributed by atoms with Gasteiger partial charge in [0.25, 0.3) is 0 Å². The van der Waals surface area contributed by atoms with Crippen molar-refractivity contribution in [1.29, 1.82) is 0 Å². The molecule has 1 saturated heterocycles. The number of nitrogens with zero attached hydrogens (tertiary/aromatic N) is 1. The van der Waals surface area contributed by atoms with Crippen LogP contribution in [-0.4, -0.2) is 35.7 Å². The first-order chi connectivity index (χ1) is 6.75. The molecule has 14 heavy (non-hydrogen) atoms. The van der Waals surface area contributed by atoms with Gasteiger partial charge in [0.1, 0.15) is 0 Å². The van der Waals surface area contributed by atoms with Gasteiger partial charge in [0.2, 0.25) is 0 Å². The van der Waals surface area contributed by atoms with Crippen LogP contribution in [0.25, 0.3) is 0 Å². The zero-order valence-electron chi connectivity index (χ0n) is 9.02. The number of hydrogen-bond acceptors (Lipinski definition) is 2. The van der Waals surface area contributed by atoms with Crippen LogP contribution in [0.5, 0.6) is 0 Å². The van der Waals surface area contributed by atoms with E-state index in [0.29, 0.717) is 5.92 Å². The molecule has 0 saturated carbocycles. The summed E-state index contributed by atoms with van der Waals surface area (Å²) in [6.07, 6.45) is 8.01. The fourth-order valence-corrected chi connectivity index (χ4v) is 2.57. The Morgan fingerprint density at radius 1 is 1.36 bits per heavy atom. The van der Waals surface area contributed by atoms with Crippen molar-refractivity contribution in [3.8, 4) is 0 Å². The van der Waals surface area contributed by atoms with Crippen molar-refractivity contribution in [3.05, 3.63) is 12.2 Å². The molecule has 1 fully saturated rings. The summed E-state index contributed by atoms with van der Waals surface area (Å²) in [5.74, 6) is 1.30. The Bertz CT molecular complexity index is 206. The lowest BCUT2D eigenvalue weighted by atomic mass is 9.95. The quantitative estimate of drug-likeness (QED) is 0.677. The average Bonchev–Trinajstić information content (AvgIpc) is 2.64. The molecule has 1 aliphatic heterocycles. The van der Waals surface area contributed by atoms with Gasteiger partial charge in [0.15, 0.2) is 0 Å². The molecule has 2 atom stereocenters. The molecule has 2 unspecified atom stereocenters. The van der Waals surface area contributed by atoms with E-state index in [2.05, 4.69) is 24.0 Å². The SMILES string of the molecule is CC1CN(CC2CC=CC2)CCC1O. The lowest BCUT2D eigenvalue weighted by Gasteiger charge is -2.35. The first kappa shape index (κ1) is 10.2. The van der Waals surface area contributed by atoms with Gasteiger partial charge in [-0.3, -0.25) is 0 Å². The third-order valence-electron chi connectivity index (χ3n) is 3.57. The van der Waals surface area contributed by atoms with E-state index >= 15 is 0 Å². The summed E-state index contributed by atoms with van der Waals surface area (Å²) in [6, 6.07) is 0. The smallest absolute Gasteiger partial charge is 0.0590 e. The van der Waals surface area contributed by atoms with Crippen LogP contribution in [0, 0.1) is 11.8 Å². The lowest BCUT2D eigenvalue weighted by Crippen LogP contribution is -2.43. The van der Waals surface area contributed by atoms with Crippen molar-refractivity contribution in [2.45, 2.75) is 32.3 Å². The summed E-state index contributed by atoms with van der Waals surface area (Å²) < 4.78 is 0. The zero-order chi connectivity index (χ0) is 9.97. The topological polar surface area (TPSA) is 23.5 Å². The summed E-state index contributed by atoms with van der Waals surface area (Å²) in [5.41, 5.74) is 0. The van der Waals surface area contributed by atoms with Crippen molar-refractivity contribution in [1.82, 2.24) is 4.90 Å². The predicted molar refractivity (Wildman–Crippen MR) is 58.1 cm³/mol. The minimum Gasteiger partial charge on any atom is -0.393 e. The maximum absolute atomic E-state index is 9.62. The van der Waals surface area contributed by atoms with E-state index in [9.17, 15) is 5.11 Å². The zero-order valence-corrected chi connectivity index (χ0v) is 9.02. The minimum atomic E-state index is -0.0621. The van der Waals surface area contributed by atoms with E-state index in [1.807, 2.05) is 0 Å². The van der Waals surface area contributed by atoms with E-state index in [1.54, 1.807) is 0 Å². The highest BCUT2D eigenvalue weighted by Crippen LogP contribution is 2.22. The van der Waals surface area contributed by atoms with Crippen LogP contribution in [0.4, 0.5) is 0 Å². The number of likely N-dealkylation sites (tertiary alicyclic amines) is 1. The molecule has 2 rings (SSSR count). The second-order valence-electron chi connectivity index (χ2n) is 4.90. The molecule has 2 nitrogen and oxygen atoms in total. The average molecular weight is 195 g/mol. The number of hydrogen-bond donors (Lipinski definition) is 1. The molecular weight excluding hydrogens is 174 g/mol. The molecule has 0 radical (unpaired) electrons. The summed E-state index contributed by atoms with van der Waals surface area (Å²) in [6.45, 7) is 5.55. The maximum atomic E-state index is 9.62. The second-order valence-corrected chi connectivity index (χ2v) is 4.90. The normalized spacial score (nSPS) is 35.3. The first-order valence-corrected chi connectivity index (χ1v) is 5.81. The van der Waals surface area contributed by atoms with Crippen LogP contribution < -0.4 is 0 Å². The molecule has 0 amide bonds. The largest absolute Gasteiger partial charge is 0.393 e. The van der Waals surface area contributed by atoms with Gasteiger partial charge in [-0.25, -0.2) is 0 Å². The fourth-order valence-electron chi connectivity index (χ4n) is 2.57. The number of aliphatic hydroxyl groups excluding tert-OH is 1. The van der Waals surface area contributed by atoms with E-state index in [-0.39, 0.29) is 6.10 Å². The van der Waals surface area contributed by atoms with Crippen molar-refractivity contribution in [2.24, 2.45) is 11.8 Å². The van der Waals surface area contributed by atoms with Gasteiger partial charge >= 0.3 is 0 Å². The fraction of sp³-hybridized carbons (Fsp3) is 0.833. The Morgan fingerprint density at radius 2 is 2.07 bits per heavy atom. The predicted octanol–water partition coefficient (Wildman–Crippen LogP) is 1.66. The van der Waals surface area contributed by atoms with Crippen LogP contribution in [0.1, 0.15) is 26.2 Å². The molecule has 0 bridgehead atoms. The van der Waals surface area contributed by atoms with Crippen LogP contribution >= 0.6 is 0 Å². The van der Waals surface area contributed by atoms with Gasteiger partial charge < -0.3 is 10.0 Å². The van der Waals surface area contributed by atoms with Gasteiger partial charge in [-0.1, -0.05) is 19.1 Å². The Labute approximate surface area is 86.6 Å². The molecule has 1 aliphatic carbocycles. The van der Waals surface area contributed by atoms with Crippen LogP contribution in [-0.2, 0) is 0 Å². The van der Waals surface area contributed by atoms with Crippen LogP contribution in [0.2, 0.25) is 0 Å². The number of rotatable bonds is 2. The number of allylic oxidation sites excluding steroid dienone is 2. The highest BCUT2D eigenvalue weighted by atomic mass is 16.3. The van der Waals surface area contributed by atoms with Gasteiger partial charge in [0, 0.05) is 19.6 Å². The second kappa shape index (κ2) is 4.45. The van der Waals surface area contributed by atoms with E-state index in [1.165, 1.54) is 19.4 Å². The van der Waals surface area contributed by atoms with E-state index < -0.39 is 0 Å². The summed E-state index contributed by atoms with van der Waals surface area (Å²) in [4.78, 5) is 2.52. The van der Waals surface area contributed by atoms with E-state index in [4.69, 9.17) is 0 Å². The van der Waals surface area contributed by atoms with Crippen LogP contribution in [0.15, 0.2) is 12.2 Å².